The smallest absolute Gasteiger partial charge is 0.194 e. The van der Waals surface area contributed by atoms with Crippen molar-refractivity contribution in [2.45, 2.75) is 32.7 Å². The Hall–Kier alpha value is -1.54. The first kappa shape index (κ1) is 17.5. The van der Waals surface area contributed by atoms with Gasteiger partial charge in [-0.2, -0.15) is 5.10 Å². The molecular formula is C13H30N8. The molecule has 8 heteroatoms. The second kappa shape index (κ2) is 8.68. The summed E-state index contributed by atoms with van der Waals surface area (Å²) in [5, 5.41) is 7.18. The Bertz CT molecular complexity index is 339. The van der Waals surface area contributed by atoms with Crippen molar-refractivity contribution < 1.29 is 0 Å². The van der Waals surface area contributed by atoms with Crippen LogP contribution in [0.15, 0.2) is 10.1 Å². The van der Waals surface area contributed by atoms with Gasteiger partial charge in [-0.1, -0.05) is 0 Å². The fourth-order valence-electron chi connectivity index (χ4n) is 2.04. The summed E-state index contributed by atoms with van der Waals surface area (Å²) >= 11 is 0. The number of guanidine groups is 1. The summed E-state index contributed by atoms with van der Waals surface area (Å²) < 4.78 is 0. The molecule has 8 nitrogen and oxygen atoms in total. The summed E-state index contributed by atoms with van der Waals surface area (Å²) in [4.78, 5) is 9.08. The van der Waals surface area contributed by atoms with Gasteiger partial charge in [0.1, 0.15) is 6.34 Å². The third-order valence-corrected chi connectivity index (χ3v) is 3.26. The summed E-state index contributed by atoms with van der Waals surface area (Å²) in [6.45, 7) is 11.4. The Balaban J connectivity index is 2.50. The van der Waals surface area contributed by atoms with Crippen molar-refractivity contribution >= 4 is 12.3 Å². The van der Waals surface area contributed by atoms with Gasteiger partial charge in [0.25, 0.3) is 0 Å². The zero-order valence-corrected chi connectivity index (χ0v) is 13.5. The Labute approximate surface area is 127 Å². The number of rotatable bonds is 6. The van der Waals surface area contributed by atoms with Gasteiger partial charge in [-0.3, -0.25) is 4.99 Å². The third kappa shape index (κ3) is 7.14. The highest BCUT2D eigenvalue weighted by atomic mass is 15.5. The molecule has 1 saturated heterocycles. The molecule has 0 atom stereocenters. The highest BCUT2D eigenvalue weighted by Crippen LogP contribution is 2.05. The molecule has 122 valence electrons. The summed E-state index contributed by atoms with van der Waals surface area (Å²) in [6, 6.07) is 0. The van der Waals surface area contributed by atoms with E-state index in [1.54, 1.807) is 6.34 Å². The molecule has 0 unspecified atom stereocenters. The van der Waals surface area contributed by atoms with Crippen molar-refractivity contribution in [3.63, 3.8) is 0 Å². The number of hydrazone groups is 1. The predicted octanol–water partition coefficient (Wildman–Crippen LogP) is -0.896. The van der Waals surface area contributed by atoms with Crippen molar-refractivity contribution in [1.82, 2.24) is 20.7 Å². The van der Waals surface area contributed by atoms with Gasteiger partial charge in [0.05, 0.1) is 0 Å². The van der Waals surface area contributed by atoms with Crippen LogP contribution in [0.5, 0.6) is 0 Å². The number of nitrogens with one attached hydrogen (secondary N) is 2. The molecule has 1 fully saturated rings. The van der Waals surface area contributed by atoms with E-state index in [-0.39, 0.29) is 5.54 Å². The molecule has 0 bridgehead atoms. The molecule has 0 amide bonds. The van der Waals surface area contributed by atoms with Crippen LogP contribution in [0.25, 0.3) is 0 Å². The Morgan fingerprint density at radius 3 is 2.48 bits per heavy atom. The molecule has 1 heterocycles. The summed E-state index contributed by atoms with van der Waals surface area (Å²) in [7, 11) is 0. The average Bonchev–Trinajstić information content (AvgIpc) is 2.43. The first-order valence-electron chi connectivity index (χ1n) is 7.51. The van der Waals surface area contributed by atoms with Gasteiger partial charge in [-0.05, 0) is 27.2 Å². The van der Waals surface area contributed by atoms with Gasteiger partial charge in [0.15, 0.2) is 5.96 Å². The second-order valence-electron chi connectivity index (χ2n) is 5.87. The number of nitrogens with zero attached hydrogens (tertiary/aromatic N) is 4. The molecule has 0 aromatic carbocycles. The van der Waals surface area contributed by atoms with E-state index in [9.17, 15) is 0 Å². The minimum Gasteiger partial charge on any atom is -0.358 e. The maximum absolute atomic E-state index is 6.00. The third-order valence-electron chi connectivity index (χ3n) is 3.26. The number of hydrogen-bond donors (Lipinski definition) is 4. The zero-order chi connectivity index (χ0) is 15.7. The largest absolute Gasteiger partial charge is 0.358 e. The van der Waals surface area contributed by atoms with E-state index in [0.29, 0.717) is 0 Å². The summed E-state index contributed by atoms with van der Waals surface area (Å²) in [5.41, 5.74) is 8.10. The molecule has 1 aliphatic heterocycles. The van der Waals surface area contributed by atoms with Gasteiger partial charge in [-0.15, -0.1) is 0 Å². The average molecular weight is 298 g/mol. The van der Waals surface area contributed by atoms with E-state index in [4.69, 9.17) is 11.6 Å². The first-order chi connectivity index (χ1) is 9.96. The van der Waals surface area contributed by atoms with Crippen molar-refractivity contribution in [2.75, 3.05) is 39.3 Å². The van der Waals surface area contributed by atoms with Crippen LogP contribution in [0.4, 0.5) is 0 Å². The van der Waals surface area contributed by atoms with Crippen LogP contribution >= 0.6 is 0 Å². The lowest BCUT2D eigenvalue weighted by molar-refractivity contribution is 0.257. The molecule has 0 aromatic heterocycles. The zero-order valence-electron chi connectivity index (χ0n) is 13.5. The van der Waals surface area contributed by atoms with Gasteiger partial charge >= 0.3 is 0 Å². The lowest BCUT2D eigenvalue weighted by atomic mass is 10.0. The molecule has 0 aliphatic carbocycles. The molecule has 1 aliphatic rings. The number of piperazine rings is 1. The predicted molar refractivity (Wildman–Crippen MR) is 87.8 cm³/mol. The number of nitrogens with two attached hydrogens (primary N) is 2. The maximum Gasteiger partial charge on any atom is 0.194 e. The molecule has 0 aromatic rings. The van der Waals surface area contributed by atoms with E-state index in [1.807, 2.05) is 13.8 Å². The molecule has 0 saturated carbocycles. The summed E-state index contributed by atoms with van der Waals surface area (Å²) in [6.07, 6.45) is 2.61. The number of hydrazine groups is 1. The minimum absolute atomic E-state index is 0.175. The summed E-state index contributed by atoms with van der Waals surface area (Å²) in [5.74, 6) is 6.09. The first-order valence-corrected chi connectivity index (χ1v) is 7.51. The van der Waals surface area contributed by atoms with Crippen LogP contribution in [-0.2, 0) is 0 Å². The van der Waals surface area contributed by atoms with Crippen LogP contribution < -0.4 is 22.4 Å². The van der Waals surface area contributed by atoms with Gasteiger partial charge in [0.2, 0.25) is 0 Å². The highest BCUT2D eigenvalue weighted by Gasteiger charge is 2.18. The van der Waals surface area contributed by atoms with Crippen LogP contribution in [-0.4, -0.2) is 66.9 Å². The fraction of sp³-hybridized carbons (Fsp3) is 0.846. The Morgan fingerprint density at radius 2 is 1.95 bits per heavy atom. The molecule has 21 heavy (non-hydrogen) atoms. The van der Waals surface area contributed by atoms with Crippen molar-refractivity contribution in [3.8, 4) is 0 Å². The van der Waals surface area contributed by atoms with Crippen molar-refractivity contribution in [1.29, 1.82) is 0 Å². The maximum atomic E-state index is 6.00. The van der Waals surface area contributed by atoms with E-state index >= 15 is 0 Å². The van der Waals surface area contributed by atoms with Crippen molar-refractivity contribution in [2.24, 2.45) is 21.7 Å². The Morgan fingerprint density at radius 1 is 1.29 bits per heavy atom. The van der Waals surface area contributed by atoms with E-state index in [1.165, 1.54) is 0 Å². The monoisotopic (exact) mass is 298 g/mol. The van der Waals surface area contributed by atoms with Gasteiger partial charge < -0.3 is 20.9 Å². The molecule has 0 spiro atoms. The topological polar surface area (TPSA) is 107 Å². The molecule has 6 N–H and O–H groups in total. The fourth-order valence-corrected chi connectivity index (χ4v) is 2.04. The molecule has 0 radical (unpaired) electrons. The van der Waals surface area contributed by atoms with Crippen LogP contribution in [0.1, 0.15) is 27.2 Å². The normalized spacial score (nSPS) is 17.5. The minimum atomic E-state index is -0.175. The standard InChI is InChI=1S/C13H30N8/c1-4-16-12(17-6-5-13(2,3)14)21-9-7-20(8-10-21)11-18-19-15/h11,19H,4-10,14-15H2,1-3H3,(H,16,17). The molecular weight excluding hydrogens is 268 g/mol. The van der Waals surface area contributed by atoms with Crippen LogP contribution in [0.2, 0.25) is 0 Å². The quantitative estimate of drug-likeness (QED) is 0.219. The Kier molecular flexibility index (Phi) is 7.24. The van der Waals surface area contributed by atoms with E-state index < -0.39 is 0 Å². The lowest BCUT2D eigenvalue weighted by Crippen LogP contribution is -2.52. The number of hydrogen-bond acceptors (Lipinski definition) is 5. The number of aliphatic imine (C=N–C) groups is 1. The second-order valence-corrected chi connectivity index (χ2v) is 5.87. The highest BCUT2D eigenvalue weighted by molar-refractivity contribution is 5.80. The van der Waals surface area contributed by atoms with Gasteiger partial charge in [-0.25, -0.2) is 11.4 Å². The molecule has 1 rings (SSSR count). The van der Waals surface area contributed by atoms with E-state index in [2.05, 4.69) is 37.7 Å². The van der Waals surface area contributed by atoms with Crippen molar-refractivity contribution in [3.05, 3.63) is 0 Å². The van der Waals surface area contributed by atoms with Crippen LogP contribution in [0, 0.1) is 0 Å². The lowest BCUT2D eigenvalue weighted by Gasteiger charge is -2.35. The van der Waals surface area contributed by atoms with Crippen LogP contribution in [0.3, 0.4) is 0 Å². The SMILES string of the molecule is CCNC(=NCCC(C)(C)N)N1CCN(C=NNN)CC1. The van der Waals surface area contributed by atoms with Gasteiger partial charge in [0, 0.05) is 44.8 Å². The van der Waals surface area contributed by atoms with E-state index in [0.717, 1.165) is 51.6 Å².